The molecule has 1 N–H and O–H groups in total. The predicted molar refractivity (Wildman–Crippen MR) is 28.9 cm³/mol. The van der Waals surface area contributed by atoms with Crippen LogP contribution in [0.15, 0.2) is 0 Å². The fourth-order valence-electron chi connectivity index (χ4n) is 0.335. The summed E-state index contributed by atoms with van der Waals surface area (Å²) in [6.07, 6.45) is -0.548. The number of carbonyl (C=O) groups is 2. The number of ether oxygens (including phenoxy) is 1. The van der Waals surface area contributed by atoms with Crippen molar-refractivity contribution in [2.75, 3.05) is 6.61 Å². The second kappa shape index (κ2) is 6.68. The molecule has 0 aromatic heterocycles. The molecule has 0 rings (SSSR count). The minimum Gasteiger partial charge on any atom is -0.481 e. The van der Waals surface area contributed by atoms with Crippen molar-refractivity contribution < 1.29 is 38.9 Å². The average Bonchev–Trinajstić information content (AvgIpc) is 1.63. The van der Waals surface area contributed by atoms with E-state index < -0.39 is 18.4 Å². The molecule has 0 radical (unpaired) electrons. The van der Waals surface area contributed by atoms with Crippen molar-refractivity contribution >= 4 is 11.9 Å². The van der Waals surface area contributed by atoms with Crippen molar-refractivity contribution in [3.8, 4) is 0 Å². The van der Waals surface area contributed by atoms with Gasteiger partial charge in [-0.15, -0.1) is 0 Å². The van der Waals surface area contributed by atoms with Crippen LogP contribution in [0.4, 0.5) is 0 Å². The van der Waals surface area contributed by atoms with Gasteiger partial charge in [0.2, 0.25) is 0 Å². The molecule has 0 saturated carbocycles. The maximum absolute atomic E-state index is 10.3. The van der Waals surface area contributed by atoms with Crippen LogP contribution in [0.1, 0.15) is 13.3 Å². The summed E-state index contributed by atoms with van der Waals surface area (Å²) in [6.45, 7) is 1.85. The van der Waals surface area contributed by atoms with E-state index >= 15 is 0 Å². The van der Waals surface area contributed by atoms with Crippen LogP contribution < -0.4 is 0 Å². The van der Waals surface area contributed by atoms with E-state index in [1.165, 1.54) is 0 Å². The molecule has 0 aliphatic heterocycles. The number of rotatable bonds is 3. The number of aliphatic carboxylic acids is 1. The van der Waals surface area contributed by atoms with Gasteiger partial charge in [-0.25, -0.2) is 0 Å². The Bertz CT molecular complexity index is 123. The Kier molecular flexibility index (Phi) is 8.19. The van der Waals surface area contributed by atoms with Crippen LogP contribution in [0.25, 0.3) is 0 Å². The summed E-state index contributed by atoms with van der Waals surface area (Å²) in [5.74, 6) is -1.85. The standard InChI is InChI=1S/C5H8O4.Zn/c1-2-9-5(8)3-4(6)7;/h2-3H2,1H3,(H,6,7);/q;+2. The van der Waals surface area contributed by atoms with Gasteiger partial charge in [0.15, 0.2) is 0 Å². The first-order chi connectivity index (χ1) is 4.16. The number of hydrogen-bond acceptors (Lipinski definition) is 3. The Hall–Kier alpha value is -0.437. The molecule has 0 spiro atoms. The van der Waals surface area contributed by atoms with E-state index in [0.717, 1.165) is 0 Å². The SMILES string of the molecule is CCOC(=O)CC(=O)O.[Zn+2]. The molecule has 0 aliphatic rings. The third kappa shape index (κ3) is 7.56. The molecule has 0 aromatic carbocycles. The summed E-state index contributed by atoms with van der Waals surface area (Å²) >= 11 is 0. The van der Waals surface area contributed by atoms with E-state index in [-0.39, 0.29) is 26.1 Å². The van der Waals surface area contributed by atoms with E-state index in [2.05, 4.69) is 4.74 Å². The van der Waals surface area contributed by atoms with E-state index in [9.17, 15) is 9.59 Å². The van der Waals surface area contributed by atoms with Crippen LogP contribution in [-0.4, -0.2) is 23.7 Å². The van der Waals surface area contributed by atoms with Crippen LogP contribution in [0, 0.1) is 0 Å². The smallest absolute Gasteiger partial charge is 0.481 e. The first-order valence-corrected chi connectivity index (χ1v) is 2.54. The topological polar surface area (TPSA) is 63.6 Å². The second-order valence-electron chi connectivity index (χ2n) is 1.38. The molecule has 0 saturated heterocycles. The molecule has 0 fully saturated rings. The van der Waals surface area contributed by atoms with E-state index in [1.807, 2.05) is 0 Å². The first-order valence-electron chi connectivity index (χ1n) is 2.54. The van der Waals surface area contributed by atoms with Gasteiger partial charge in [-0.2, -0.15) is 0 Å². The van der Waals surface area contributed by atoms with Crippen LogP contribution in [0.5, 0.6) is 0 Å². The van der Waals surface area contributed by atoms with Crippen molar-refractivity contribution in [1.82, 2.24) is 0 Å². The van der Waals surface area contributed by atoms with Crippen molar-refractivity contribution in [3.63, 3.8) is 0 Å². The van der Waals surface area contributed by atoms with Crippen molar-refractivity contribution in [2.24, 2.45) is 0 Å². The van der Waals surface area contributed by atoms with Gasteiger partial charge in [-0.05, 0) is 6.92 Å². The zero-order valence-corrected chi connectivity index (χ0v) is 8.76. The fraction of sp³-hybridized carbons (Fsp3) is 0.600. The van der Waals surface area contributed by atoms with Crippen LogP contribution >= 0.6 is 0 Å². The number of esters is 1. The zero-order chi connectivity index (χ0) is 7.28. The molecule has 52 valence electrons. The number of carbonyl (C=O) groups excluding carboxylic acids is 1. The summed E-state index contributed by atoms with van der Waals surface area (Å²) in [6, 6.07) is 0. The average molecular weight is 198 g/mol. The molecule has 10 heavy (non-hydrogen) atoms. The first kappa shape index (κ1) is 12.3. The predicted octanol–water partition coefficient (Wildman–Crippen LogP) is 0.0217. The quantitative estimate of drug-likeness (QED) is 0.394. The molecule has 0 unspecified atom stereocenters. The fourth-order valence-corrected chi connectivity index (χ4v) is 0.335. The Morgan fingerprint density at radius 2 is 2.00 bits per heavy atom. The summed E-state index contributed by atoms with van der Waals surface area (Å²) in [7, 11) is 0. The van der Waals surface area contributed by atoms with E-state index in [1.54, 1.807) is 6.92 Å². The summed E-state index contributed by atoms with van der Waals surface area (Å²) < 4.78 is 4.33. The van der Waals surface area contributed by atoms with Crippen molar-refractivity contribution in [2.45, 2.75) is 13.3 Å². The maximum Gasteiger partial charge on any atom is 2.00 e. The van der Waals surface area contributed by atoms with Gasteiger partial charge < -0.3 is 9.84 Å². The Morgan fingerprint density at radius 1 is 1.50 bits per heavy atom. The zero-order valence-electron chi connectivity index (χ0n) is 5.79. The third-order valence-corrected chi connectivity index (χ3v) is 0.601. The molecule has 0 atom stereocenters. The van der Waals surface area contributed by atoms with Crippen LogP contribution in [0.3, 0.4) is 0 Å². The van der Waals surface area contributed by atoms with Gasteiger partial charge in [-0.3, -0.25) is 9.59 Å². The van der Waals surface area contributed by atoms with Crippen molar-refractivity contribution in [1.29, 1.82) is 0 Å². The van der Waals surface area contributed by atoms with Gasteiger partial charge in [0, 0.05) is 0 Å². The molecule has 4 nitrogen and oxygen atoms in total. The monoisotopic (exact) mass is 196 g/mol. The van der Waals surface area contributed by atoms with Gasteiger partial charge in [-0.1, -0.05) is 0 Å². The Labute approximate surface area is 71.3 Å². The van der Waals surface area contributed by atoms with Gasteiger partial charge in [0.1, 0.15) is 6.42 Å². The van der Waals surface area contributed by atoms with Gasteiger partial charge in [0.25, 0.3) is 0 Å². The van der Waals surface area contributed by atoms with E-state index in [4.69, 9.17) is 5.11 Å². The largest absolute Gasteiger partial charge is 2.00 e. The number of carboxylic acid groups (broad SMARTS) is 1. The molecular weight excluding hydrogens is 189 g/mol. The molecule has 0 amide bonds. The molecule has 0 aromatic rings. The minimum atomic E-state index is -1.16. The molecular formula is C5H8O4Zn+2. The summed E-state index contributed by atoms with van der Waals surface area (Å²) in [5, 5.41) is 8.01. The molecule has 0 bridgehead atoms. The normalized spacial score (nSPS) is 7.70. The Balaban J connectivity index is 0. The second-order valence-corrected chi connectivity index (χ2v) is 1.38. The number of carboxylic acids is 1. The van der Waals surface area contributed by atoms with Crippen molar-refractivity contribution in [3.05, 3.63) is 0 Å². The number of hydrogen-bond donors (Lipinski definition) is 1. The Morgan fingerprint density at radius 3 is 2.30 bits per heavy atom. The third-order valence-electron chi connectivity index (χ3n) is 0.601. The summed E-state index contributed by atoms with van der Waals surface area (Å²) in [4.78, 5) is 20.0. The van der Waals surface area contributed by atoms with Crippen LogP contribution in [-0.2, 0) is 33.8 Å². The molecule has 0 heterocycles. The van der Waals surface area contributed by atoms with Gasteiger partial charge >= 0.3 is 31.4 Å². The molecule has 0 aliphatic carbocycles. The molecule has 5 heteroatoms. The van der Waals surface area contributed by atoms with Gasteiger partial charge in [0.05, 0.1) is 6.61 Å². The minimum absolute atomic E-state index is 0. The summed E-state index contributed by atoms with van der Waals surface area (Å²) in [5.41, 5.74) is 0. The van der Waals surface area contributed by atoms with Crippen LogP contribution in [0.2, 0.25) is 0 Å². The van der Waals surface area contributed by atoms with E-state index in [0.29, 0.717) is 0 Å². The maximum atomic E-state index is 10.3.